The van der Waals surface area contributed by atoms with Gasteiger partial charge in [0.15, 0.2) is 5.16 Å². The molecular weight excluding hydrogens is 374 g/mol. The third-order valence-corrected chi connectivity index (χ3v) is 5.62. The SMILES string of the molecule is CC(Sc1nnc(C2CC2)n1Cc1ccco1)C(=O)Nc1ccccc1C#N. The van der Waals surface area contributed by atoms with Crippen molar-refractivity contribution in [2.75, 3.05) is 5.32 Å². The van der Waals surface area contributed by atoms with Crippen molar-refractivity contribution in [1.29, 1.82) is 5.26 Å². The fourth-order valence-electron chi connectivity index (χ4n) is 2.87. The minimum atomic E-state index is -0.404. The number of aromatic nitrogens is 3. The first kappa shape index (κ1) is 18.3. The van der Waals surface area contributed by atoms with E-state index < -0.39 is 5.25 Å². The van der Waals surface area contributed by atoms with Crippen LogP contribution >= 0.6 is 11.8 Å². The molecule has 7 nitrogen and oxygen atoms in total. The molecule has 1 fully saturated rings. The van der Waals surface area contributed by atoms with E-state index in [1.54, 1.807) is 30.5 Å². The number of hydrogen-bond donors (Lipinski definition) is 1. The highest BCUT2D eigenvalue weighted by Crippen LogP contribution is 2.40. The molecule has 1 amide bonds. The van der Waals surface area contributed by atoms with E-state index in [-0.39, 0.29) is 5.91 Å². The topological polar surface area (TPSA) is 96.7 Å². The molecule has 0 saturated heterocycles. The third kappa shape index (κ3) is 3.94. The van der Waals surface area contributed by atoms with Crippen LogP contribution in [-0.2, 0) is 11.3 Å². The van der Waals surface area contributed by atoms with E-state index >= 15 is 0 Å². The highest BCUT2D eigenvalue weighted by Gasteiger charge is 2.31. The number of rotatable bonds is 7. The van der Waals surface area contributed by atoms with Crippen molar-refractivity contribution in [3.63, 3.8) is 0 Å². The fraction of sp³-hybridized carbons (Fsp3) is 0.300. The summed E-state index contributed by atoms with van der Waals surface area (Å²) in [7, 11) is 0. The lowest BCUT2D eigenvalue weighted by atomic mass is 10.2. The Morgan fingerprint density at radius 2 is 2.18 bits per heavy atom. The van der Waals surface area contributed by atoms with E-state index in [0.717, 1.165) is 24.4 Å². The molecule has 1 aliphatic rings. The monoisotopic (exact) mass is 393 g/mol. The molecule has 3 aromatic rings. The summed E-state index contributed by atoms with van der Waals surface area (Å²) >= 11 is 1.35. The Labute approximate surface area is 166 Å². The number of amides is 1. The molecule has 1 aromatic carbocycles. The average molecular weight is 393 g/mol. The minimum absolute atomic E-state index is 0.187. The molecule has 1 atom stereocenters. The van der Waals surface area contributed by atoms with Gasteiger partial charge in [0.1, 0.15) is 17.7 Å². The van der Waals surface area contributed by atoms with Gasteiger partial charge in [0.2, 0.25) is 5.91 Å². The van der Waals surface area contributed by atoms with Gasteiger partial charge >= 0.3 is 0 Å². The summed E-state index contributed by atoms with van der Waals surface area (Å²) < 4.78 is 7.51. The Bertz CT molecular complexity index is 1020. The number of nitriles is 1. The Morgan fingerprint density at radius 1 is 1.36 bits per heavy atom. The number of furan rings is 1. The number of carbonyl (C=O) groups is 1. The van der Waals surface area contributed by atoms with E-state index in [0.29, 0.717) is 28.9 Å². The summed E-state index contributed by atoms with van der Waals surface area (Å²) in [5, 5.41) is 21.0. The van der Waals surface area contributed by atoms with Gasteiger partial charge in [-0.25, -0.2) is 0 Å². The zero-order chi connectivity index (χ0) is 19.5. The molecule has 1 saturated carbocycles. The van der Waals surface area contributed by atoms with Crippen molar-refractivity contribution in [1.82, 2.24) is 14.8 Å². The second-order valence-electron chi connectivity index (χ2n) is 6.69. The summed E-state index contributed by atoms with van der Waals surface area (Å²) in [6.45, 7) is 2.36. The van der Waals surface area contributed by atoms with Gasteiger partial charge in [-0.15, -0.1) is 10.2 Å². The largest absolute Gasteiger partial charge is 0.467 e. The first-order valence-corrected chi connectivity index (χ1v) is 9.96. The van der Waals surface area contributed by atoms with E-state index in [9.17, 15) is 10.1 Å². The maximum absolute atomic E-state index is 12.6. The van der Waals surface area contributed by atoms with Crippen molar-refractivity contribution in [2.24, 2.45) is 0 Å². The van der Waals surface area contributed by atoms with Crippen LogP contribution in [0, 0.1) is 11.3 Å². The summed E-state index contributed by atoms with van der Waals surface area (Å²) in [6.07, 6.45) is 3.87. The van der Waals surface area contributed by atoms with Crippen LogP contribution < -0.4 is 5.32 Å². The van der Waals surface area contributed by atoms with Crippen LogP contribution in [0.2, 0.25) is 0 Å². The molecule has 8 heteroatoms. The second-order valence-corrected chi connectivity index (χ2v) is 8.00. The molecule has 28 heavy (non-hydrogen) atoms. The van der Waals surface area contributed by atoms with Gasteiger partial charge in [0.05, 0.1) is 29.3 Å². The number of hydrogen-bond acceptors (Lipinski definition) is 6. The van der Waals surface area contributed by atoms with E-state index in [1.165, 1.54) is 11.8 Å². The summed E-state index contributed by atoms with van der Waals surface area (Å²) in [5.41, 5.74) is 0.947. The number of nitrogens with zero attached hydrogens (tertiary/aromatic N) is 4. The van der Waals surface area contributed by atoms with Gasteiger partial charge in [-0.05, 0) is 44.0 Å². The Morgan fingerprint density at radius 3 is 2.89 bits per heavy atom. The molecule has 1 N–H and O–H groups in total. The Kier molecular flexibility index (Phi) is 5.17. The van der Waals surface area contributed by atoms with Gasteiger partial charge < -0.3 is 9.73 Å². The van der Waals surface area contributed by atoms with Gasteiger partial charge in [-0.2, -0.15) is 5.26 Å². The summed E-state index contributed by atoms with van der Waals surface area (Å²) in [4.78, 5) is 12.6. The molecule has 4 rings (SSSR count). The molecule has 1 unspecified atom stereocenters. The van der Waals surface area contributed by atoms with Crippen LogP contribution in [-0.4, -0.2) is 25.9 Å². The maximum atomic E-state index is 12.6. The van der Waals surface area contributed by atoms with E-state index in [4.69, 9.17) is 4.42 Å². The number of carbonyl (C=O) groups excluding carboxylic acids is 1. The Hall–Kier alpha value is -3.05. The average Bonchev–Trinajstić information content (AvgIpc) is 3.28. The van der Waals surface area contributed by atoms with Crippen molar-refractivity contribution < 1.29 is 9.21 Å². The number of benzene rings is 1. The molecule has 2 heterocycles. The third-order valence-electron chi connectivity index (χ3n) is 4.54. The zero-order valence-electron chi connectivity index (χ0n) is 15.3. The van der Waals surface area contributed by atoms with Crippen molar-refractivity contribution >= 4 is 23.4 Å². The molecule has 2 aromatic heterocycles. The molecule has 0 spiro atoms. The Balaban J connectivity index is 1.50. The van der Waals surface area contributed by atoms with Crippen LogP contribution in [0.15, 0.2) is 52.2 Å². The highest BCUT2D eigenvalue weighted by atomic mass is 32.2. The quantitative estimate of drug-likeness (QED) is 0.614. The van der Waals surface area contributed by atoms with Crippen molar-refractivity contribution in [3.05, 3.63) is 59.8 Å². The molecule has 0 bridgehead atoms. The lowest BCUT2D eigenvalue weighted by molar-refractivity contribution is -0.115. The summed E-state index contributed by atoms with van der Waals surface area (Å²) in [6, 6.07) is 12.8. The lowest BCUT2D eigenvalue weighted by Gasteiger charge is -2.13. The molecule has 0 radical (unpaired) electrons. The summed E-state index contributed by atoms with van der Waals surface area (Å²) in [5.74, 6) is 2.02. The van der Waals surface area contributed by atoms with Crippen molar-refractivity contribution in [3.8, 4) is 6.07 Å². The molecular formula is C20H19N5O2S. The van der Waals surface area contributed by atoms with Gasteiger partial charge in [-0.3, -0.25) is 9.36 Å². The minimum Gasteiger partial charge on any atom is -0.467 e. The second kappa shape index (κ2) is 7.90. The zero-order valence-corrected chi connectivity index (χ0v) is 16.1. The fourth-order valence-corrected chi connectivity index (χ4v) is 3.73. The predicted molar refractivity (Wildman–Crippen MR) is 105 cm³/mol. The van der Waals surface area contributed by atoms with Crippen LogP contribution in [0.4, 0.5) is 5.69 Å². The number of nitrogens with one attached hydrogen (secondary N) is 1. The van der Waals surface area contributed by atoms with Gasteiger partial charge in [0, 0.05) is 5.92 Å². The molecule has 142 valence electrons. The van der Waals surface area contributed by atoms with E-state index in [1.807, 2.05) is 23.6 Å². The van der Waals surface area contributed by atoms with Crippen LogP contribution in [0.25, 0.3) is 0 Å². The molecule has 0 aliphatic heterocycles. The predicted octanol–water partition coefficient (Wildman–Crippen LogP) is 3.79. The first-order chi connectivity index (χ1) is 13.7. The van der Waals surface area contributed by atoms with Crippen molar-refractivity contribution in [2.45, 2.75) is 42.6 Å². The first-order valence-electron chi connectivity index (χ1n) is 9.08. The number of thioether (sulfide) groups is 1. The standard InChI is InChI=1S/C20H19N5O2S/c1-13(19(26)22-17-7-3-2-5-15(17)11-21)28-20-24-23-18(14-8-9-14)25(20)12-16-6-4-10-27-16/h2-7,10,13-14H,8-9,12H2,1H3,(H,22,26). The normalized spacial score (nSPS) is 14.4. The van der Waals surface area contributed by atoms with E-state index in [2.05, 4.69) is 21.6 Å². The maximum Gasteiger partial charge on any atom is 0.237 e. The van der Waals surface area contributed by atoms with Crippen LogP contribution in [0.1, 0.15) is 42.8 Å². The van der Waals surface area contributed by atoms with Gasteiger partial charge in [0.25, 0.3) is 0 Å². The molecule has 1 aliphatic carbocycles. The van der Waals surface area contributed by atoms with Gasteiger partial charge in [-0.1, -0.05) is 23.9 Å². The number of para-hydroxylation sites is 1. The lowest BCUT2D eigenvalue weighted by Crippen LogP contribution is -2.23. The smallest absolute Gasteiger partial charge is 0.237 e. The van der Waals surface area contributed by atoms with Crippen LogP contribution in [0.3, 0.4) is 0 Å². The van der Waals surface area contributed by atoms with Crippen LogP contribution in [0.5, 0.6) is 0 Å². The highest BCUT2D eigenvalue weighted by molar-refractivity contribution is 8.00. The number of anilines is 1.